The molecule has 2 unspecified atom stereocenters. The molecular weight excluding hydrogens is 246 g/mol. The largest absolute Gasteiger partial charge is 0.497 e. The van der Waals surface area contributed by atoms with E-state index in [1.165, 1.54) is 57.2 Å². The molecule has 1 aliphatic carbocycles. The number of hydrogen-bond acceptors (Lipinski definition) is 2. The van der Waals surface area contributed by atoms with Crippen molar-refractivity contribution in [2.75, 3.05) is 27.2 Å². The molecule has 0 bridgehead atoms. The Morgan fingerprint density at radius 3 is 2.90 bits per heavy atom. The SMILES string of the molecule is COc1cccc(C23CCCCC2CCN(C)CC3)c1. The van der Waals surface area contributed by atoms with Gasteiger partial charge in [0, 0.05) is 0 Å². The van der Waals surface area contributed by atoms with Gasteiger partial charge in [-0.1, -0.05) is 25.0 Å². The van der Waals surface area contributed by atoms with E-state index in [1.807, 2.05) is 0 Å². The zero-order valence-corrected chi connectivity index (χ0v) is 12.9. The first-order valence-corrected chi connectivity index (χ1v) is 8.08. The Morgan fingerprint density at radius 2 is 2.05 bits per heavy atom. The van der Waals surface area contributed by atoms with Crippen molar-refractivity contribution in [3.63, 3.8) is 0 Å². The van der Waals surface area contributed by atoms with Gasteiger partial charge in [0.25, 0.3) is 0 Å². The second kappa shape index (κ2) is 5.77. The van der Waals surface area contributed by atoms with Crippen molar-refractivity contribution in [1.82, 2.24) is 4.90 Å². The lowest BCUT2D eigenvalue weighted by Gasteiger charge is -2.44. The zero-order valence-electron chi connectivity index (χ0n) is 12.9. The van der Waals surface area contributed by atoms with E-state index >= 15 is 0 Å². The number of hydrogen-bond donors (Lipinski definition) is 0. The molecule has 2 nitrogen and oxygen atoms in total. The molecule has 2 atom stereocenters. The van der Waals surface area contributed by atoms with Crippen LogP contribution in [0, 0.1) is 5.92 Å². The van der Waals surface area contributed by atoms with E-state index < -0.39 is 0 Å². The molecule has 1 saturated carbocycles. The fourth-order valence-electron chi connectivity index (χ4n) is 4.40. The van der Waals surface area contributed by atoms with E-state index in [-0.39, 0.29) is 0 Å². The highest BCUT2D eigenvalue weighted by Crippen LogP contribution is 2.49. The van der Waals surface area contributed by atoms with Gasteiger partial charge >= 0.3 is 0 Å². The van der Waals surface area contributed by atoms with E-state index in [0.717, 1.165) is 11.7 Å². The summed E-state index contributed by atoms with van der Waals surface area (Å²) in [4.78, 5) is 2.51. The summed E-state index contributed by atoms with van der Waals surface area (Å²) in [6, 6.07) is 8.87. The van der Waals surface area contributed by atoms with Crippen LogP contribution < -0.4 is 4.74 Å². The topological polar surface area (TPSA) is 12.5 Å². The predicted molar refractivity (Wildman–Crippen MR) is 83.4 cm³/mol. The maximum absolute atomic E-state index is 5.46. The molecule has 110 valence electrons. The zero-order chi connectivity index (χ0) is 14.0. The van der Waals surface area contributed by atoms with E-state index in [0.29, 0.717) is 5.41 Å². The van der Waals surface area contributed by atoms with Crippen molar-refractivity contribution in [3.05, 3.63) is 29.8 Å². The standard InChI is InChI=1S/C18H27NO/c1-19-12-9-15-6-3-4-10-18(15,11-13-19)16-7-5-8-17(14-16)20-2/h5,7-8,14-15H,3-4,6,9-13H2,1-2H3. The monoisotopic (exact) mass is 273 g/mol. The Bertz CT molecular complexity index is 458. The van der Waals surface area contributed by atoms with Crippen molar-refractivity contribution < 1.29 is 4.74 Å². The molecule has 0 amide bonds. The minimum absolute atomic E-state index is 0.400. The molecule has 3 rings (SSSR count). The van der Waals surface area contributed by atoms with Gasteiger partial charge in [0.05, 0.1) is 7.11 Å². The summed E-state index contributed by atoms with van der Waals surface area (Å²) < 4.78 is 5.46. The van der Waals surface area contributed by atoms with Crippen molar-refractivity contribution in [3.8, 4) is 5.75 Å². The summed E-state index contributed by atoms with van der Waals surface area (Å²) in [5.74, 6) is 1.87. The van der Waals surface area contributed by atoms with Crippen LogP contribution in [0.1, 0.15) is 44.1 Å². The van der Waals surface area contributed by atoms with Gasteiger partial charge < -0.3 is 9.64 Å². The number of fused-ring (bicyclic) bond motifs is 1. The number of nitrogens with zero attached hydrogens (tertiary/aromatic N) is 1. The fourth-order valence-corrected chi connectivity index (χ4v) is 4.40. The average Bonchev–Trinajstić information content (AvgIpc) is 2.68. The molecule has 1 heterocycles. The normalized spacial score (nSPS) is 31.4. The molecule has 1 aromatic rings. The van der Waals surface area contributed by atoms with E-state index in [9.17, 15) is 0 Å². The van der Waals surface area contributed by atoms with Crippen LogP contribution in [0.25, 0.3) is 0 Å². The Balaban J connectivity index is 1.99. The number of likely N-dealkylation sites (tertiary alicyclic amines) is 1. The third-order valence-electron chi connectivity index (χ3n) is 5.65. The molecule has 1 aromatic carbocycles. The van der Waals surface area contributed by atoms with Gasteiger partial charge in [-0.3, -0.25) is 0 Å². The first kappa shape index (κ1) is 13.9. The predicted octanol–water partition coefficient (Wildman–Crippen LogP) is 3.85. The maximum Gasteiger partial charge on any atom is 0.119 e. The Hall–Kier alpha value is -1.02. The molecule has 20 heavy (non-hydrogen) atoms. The van der Waals surface area contributed by atoms with Crippen LogP contribution in [0.3, 0.4) is 0 Å². The average molecular weight is 273 g/mol. The van der Waals surface area contributed by atoms with Crippen LogP contribution in [0.4, 0.5) is 0 Å². The van der Waals surface area contributed by atoms with Gasteiger partial charge in [0.1, 0.15) is 5.75 Å². The second-order valence-corrected chi connectivity index (χ2v) is 6.67. The van der Waals surface area contributed by atoms with Crippen LogP contribution in [-0.4, -0.2) is 32.1 Å². The highest BCUT2D eigenvalue weighted by Gasteiger charge is 2.43. The van der Waals surface area contributed by atoms with E-state index in [1.54, 1.807) is 7.11 Å². The molecule has 0 spiro atoms. The van der Waals surface area contributed by atoms with Gasteiger partial charge in [-0.25, -0.2) is 0 Å². The third kappa shape index (κ3) is 2.46. The van der Waals surface area contributed by atoms with Crippen LogP contribution >= 0.6 is 0 Å². The molecule has 0 aromatic heterocycles. The minimum atomic E-state index is 0.400. The molecule has 2 heteroatoms. The molecule has 2 fully saturated rings. The fraction of sp³-hybridized carbons (Fsp3) is 0.667. The first-order valence-electron chi connectivity index (χ1n) is 8.08. The highest BCUT2D eigenvalue weighted by molar-refractivity contribution is 5.35. The number of methoxy groups -OCH3 is 1. The first-order chi connectivity index (χ1) is 9.74. The Labute approximate surface area is 123 Å². The van der Waals surface area contributed by atoms with Gasteiger partial charge in [-0.2, -0.15) is 0 Å². The van der Waals surface area contributed by atoms with Crippen molar-refractivity contribution in [1.29, 1.82) is 0 Å². The van der Waals surface area contributed by atoms with Crippen LogP contribution in [0.15, 0.2) is 24.3 Å². The Kier molecular flexibility index (Phi) is 4.02. The van der Waals surface area contributed by atoms with Crippen molar-refractivity contribution >= 4 is 0 Å². The minimum Gasteiger partial charge on any atom is -0.497 e. The summed E-state index contributed by atoms with van der Waals surface area (Å²) in [7, 11) is 4.05. The van der Waals surface area contributed by atoms with Gasteiger partial charge in [0.2, 0.25) is 0 Å². The third-order valence-corrected chi connectivity index (χ3v) is 5.65. The second-order valence-electron chi connectivity index (χ2n) is 6.67. The van der Waals surface area contributed by atoms with Gasteiger partial charge in [-0.05, 0) is 74.8 Å². The van der Waals surface area contributed by atoms with Gasteiger partial charge in [-0.15, -0.1) is 0 Å². The van der Waals surface area contributed by atoms with Crippen LogP contribution in [0.2, 0.25) is 0 Å². The van der Waals surface area contributed by atoms with E-state index in [4.69, 9.17) is 4.74 Å². The summed E-state index contributed by atoms with van der Waals surface area (Å²) >= 11 is 0. The molecule has 0 radical (unpaired) electrons. The van der Waals surface area contributed by atoms with Crippen LogP contribution in [0.5, 0.6) is 5.75 Å². The summed E-state index contributed by atoms with van der Waals surface area (Å²) in [5, 5.41) is 0. The number of rotatable bonds is 2. The Morgan fingerprint density at radius 1 is 1.15 bits per heavy atom. The molecule has 2 aliphatic rings. The summed E-state index contributed by atoms with van der Waals surface area (Å²) in [6.07, 6.45) is 8.23. The molecule has 1 saturated heterocycles. The van der Waals surface area contributed by atoms with E-state index in [2.05, 4.69) is 36.2 Å². The quantitative estimate of drug-likeness (QED) is 0.811. The van der Waals surface area contributed by atoms with Crippen LogP contribution in [-0.2, 0) is 5.41 Å². The summed E-state index contributed by atoms with van der Waals surface area (Å²) in [6.45, 7) is 2.49. The lowest BCUT2D eigenvalue weighted by molar-refractivity contribution is 0.176. The lowest BCUT2D eigenvalue weighted by Crippen LogP contribution is -2.38. The highest BCUT2D eigenvalue weighted by atomic mass is 16.5. The molecular formula is C18H27NO. The smallest absolute Gasteiger partial charge is 0.119 e. The van der Waals surface area contributed by atoms with Crippen molar-refractivity contribution in [2.45, 2.75) is 43.9 Å². The summed E-state index contributed by atoms with van der Waals surface area (Å²) in [5.41, 5.74) is 1.93. The number of benzene rings is 1. The number of ether oxygens (including phenoxy) is 1. The maximum atomic E-state index is 5.46. The molecule has 0 N–H and O–H groups in total. The molecule has 1 aliphatic heterocycles. The van der Waals surface area contributed by atoms with Crippen molar-refractivity contribution in [2.24, 2.45) is 5.92 Å². The van der Waals surface area contributed by atoms with Gasteiger partial charge in [0.15, 0.2) is 0 Å². The lowest BCUT2D eigenvalue weighted by atomic mass is 9.60.